The second kappa shape index (κ2) is 4.46. The van der Waals surface area contributed by atoms with Crippen LogP contribution in [0.3, 0.4) is 0 Å². The highest BCUT2D eigenvalue weighted by Gasteiger charge is 2.09. The lowest BCUT2D eigenvalue weighted by Gasteiger charge is -2.09. The monoisotopic (exact) mass is 252 g/mol. The van der Waals surface area contributed by atoms with E-state index in [1.54, 1.807) is 0 Å². The summed E-state index contributed by atoms with van der Waals surface area (Å²) in [6.45, 7) is 6.20. The van der Waals surface area contributed by atoms with Gasteiger partial charge in [-0.2, -0.15) is 0 Å². The lowest BCUT2D eigenvalue weighted by atomic mass is 10.2. The van der Waals surface area contributed by atoms with Crippen molar-refractivity contribution >= 4 is 11.0 Å². The van der Waals surface area contributed by atoms with Crippen LogP contribution in [0.2, 0.25) is 0 Å². The number of para-hydroxylation sites is 2. The molecule has 0 atom stereocenters. The molecule has 0 amide bonds. The van der Waals surface area contributed by atoms with Crippen molar-refractivity contribution in [3.63, 3.8) is 0 Å². The van der Waals surface area contributed by atoms with Gasteiger partial charge in [0.2, 0.25) is 0 Å². The Hall–Kier alpha value is -2.23. The molecule has 0 saturated carbocycles. The molecule has 2 aromatic heterocycles. The van der Waals surface area contributed by atoms with Crippen LogP contribution >= 0.6 is 0 Å². The Morgan fingerprint density at radius 1 is 1.11 bits per heavy atom. The van der Waals surface area contributed by atoms with Gasteiger partial charge in [0, 0.05) is 17.7 Å². The molecule has 0 aliphatic rings. The van der Waals surface area contributed by atoms with Gasteiger partial charge in [-0.25, -0.2) is 15.0 Å². The average Bonchev–Trinajstić information content (AvgIpc) is 2.81. The summed E-state index contributed by atoms with van der Waals surface area (Å²) in [4.78, 5) is 13.5. The average molecular weight is 252 g/mol. The van der Waals surface area contributed by atoms with Gasteiger partial charge in [-0.3, -0.25) is 4.57 Å². The normalized spacial score (nSPS) is 11.4. The summed E-state index contributed by atoms with van der Waals surface area (Å²) in [6, 6.07) is 10.0. The number of benzene rings is 1. The highest BCUT2D eigenvalue weighted by molar-refractivity contribution is 5.76. The first-order valence-corrected chi connectivity index (χ1v) is 6.43. The minimum absolute atomic E-state index is 0.313. The van der Waals surface area contributed by atoms with Crippen LogP contribution in [0.15, 0.2) is 36.7 Å². The quantitative estimate of drug-likeness (QED) is 0.703. The van der Waals surface area contributed by atoms with E-state index >= 15 is 0 Å². The van der Waals surface area contributed by atoms with Crippen LogP contribution in [0.4, 0.5) is 0 Å². The molecule has 0 saturated heterocycles. The van der Waals surface area contributed by atoms with Crippen LogP contribution in [-0.2, 0) is 0 Å². The van der Waals surface area contributed by atoms with Crippen molar-refractivity contribution in [2.24, 2.45) is 0 Å². The summed E-state index contributed by atoms with van der Waals surface area (Å²) in [6.07, 6.45) is 1.82. The van der Waals surface area contributed by atoms with E-state index in [4.69, 9.17) is 0 Å². The molecule has 0 fully saturated rings. The number of imidazole rings is 1. The minimum Gasteiger partial charge on any atom is -0.283 e. The molecule has 0 aliphatic carbocycles. The number of fused-ring (bicyclic) bond motifs is 1. The van der Waals surface area contributed by atoms with Gasteiger partial charge in [0.05, 0.1) is 11.0 Å². The fraction of sp³-hybridized carbons (Fsp3) is 0.267. The number of hydrogen-bond donors (Lipinski definition) is 0. The topological polar surface area (TPSA) is 43.6 Å². The highest BCUT2D eigenvalue weighted by atomic mass is 15.1. The lowest BCUT2D eigenvalue weighted by molar-refractivity contribution is 0.756. The molecule has 0 aliphatic heterocycles. The summed E-state index contributed by atoms with van der Waals surface area (Å²) >= 11 is 0. The zero-order valence-corrected chi connectivity index (χ0v) is 11.3. The van der Waals surface area contributed by atoms with Crippen molar-refractivity contribution in [3.8, 4) is 5.82 Å². The van der Waals surface area contributed by atoms with Crippen LogP contribution in [0.25, 0.3) is 16.9 Å². The molecule has 96 valence electrons. The van der Waals surface area contributed by atoms with Gasteiger partial charge in [-0.05, 0) is 19.1 Å². The van der Waals surface area contributed by atoms with Crippen molar-refractivity contribution in [3.05, 3.63) is 48.2 Å². The third kappa shape index (κ3) is 2.10. The van der Waals surface area contributed by atoms with Crippen LogP contribution in [0.1, 0.15) is 31.3 Å². The first-order chi connectivity index (χ1) is 9.15. The van der Waals surface area contributed by atoms with Gasteiger partial charge in [0.25, 0.3) is 0 Å². The predicted molar refractivity (Wildman–Crippen MR) is 75.5 cm³/mol. The zero-order valence-electron chi connectivity index (χ0n) is 11.3. The third-order valence-electron chi connectivity index (χ3n) is 3.07. The molecule has 3 aromatic rings. The molecule has 4 heteroatoms. The first kappa shape index (κ1) is 11.8. The molecule has 0 radical (unpaired) electrons. The number of aryl methyl sites for hydroxylation is 1. The predicted octanol–water partition coefficient (Wildman–Crippen LogP) is 3.25. The largest absolute Gasteiger partial charge is 0.283 e. The zero-order chi connectivity index (χ0) is 13.4. The Kier molecular flexibility index (Phi) is 2.78. The van der Waals surface area contributed by atoms with Crippen LogP contribution in [0.5, 0.6) is 0 Å². The third-order valence-corrected chi connectivity index (χ3v) is 3.07. The molecule has 1 aromatic carbocycles. The summed E-state index contributed by atoms with van der Waals surface area (Å²) < 4.78 is 2.01. The molecule has 0 spiro atoms. The fourth-order valence-corrected chi connectivity index (χ4v) is 2.10. The minimum atomic E-state index is 0.313. The molecule has 19 heavy (non-hydrogen) atoms. The number of hydrogen-bond acceptors (Lipinski definition) is 3. The SMILES string of the molecule is Cc1cc(-n2cnc3ccccc32)nc(C(C)C)n1. The van der Waals surface area contributed by atoms with Gasteiger partial charge in [-0.1, -0.05) is 26.0 Å². The number of aromatic nitrogens is 4. The lowest BCUT2D eigenvalue weighted by Crippen LogP contribution is -2.05. The van der Waals surface area contributed by atoms with E-state index in [9.17, 15) is 0 Å². The van der Waals surface area contributed by atoms with Crippen molar-refractivity contribution in [1.29, 1.82) is 0 Å². The second-order valence-corrected chi connectivity index (χ2v) is 4.98. The molecular weight excluding hydrogens is 236 g/mol. The van der Waals surface area contributed by atoms with E-state index in [2.05, 4.69) is 34.9 Å². The fourth-order valence-electron chi connectivity index (χ4n) is 2.10. The maximum absolute atomic E-state index is 4.64. The van der Waals surface area contributed by atoms with Crippen molar-refractivity contribution < 1.29 is 0 Å². The Bertz CT molecular complexity index is 728. The maximum atomic E-state index is 4.64. The molecule has 4 nitrogen and oxygen atoms in total. The van der Waals surface area contributed by atoms with E-state index in [1.807, 2.05) is 42.1 Å². The smallest absolute Gasteiger partial charge is 0.142 e. The van der Waals surface area contributed by atoms with Gasteiger partial charge in [-0.15, -0.1) is 0 Å². The van der Waals surface area contributed by atoms with Crippen LogP contribution in [0, 0.1) is 6.92 Å². The Labute approximate surface area is 112 Å². The molecule has 3 rings (SSSR count). The maximum Gasteiger partial charge on any atom is 0.142 e. The van der Waals surface area contributed by atoms with E-state index in [-0.39, 0.29) is 0 Å². The van der Waals surface area contributed by atoms with E-state index in [1.165, 1.54) is 0 Å². The van der Waals surface area contributed by atoms with E-state index in [0.717, 1.165) is 28.4 Å². The Morgan fingerprint density at radius 2 is 1.89 bits per heavy atom. The molecule has 0 N–H and O–H groups in total. The first-order valence-electron chi connectivity index (χ1n) is 6.43. The van der Waals surface area contributed by atoms with Crippen LogP contribution in [-0.4, -0.2) is 19.5 Å². The van der Waals surface area contributed by atoms with E-state index in [0.29, 0.717) is 5.92 Å². The Morgan fingerprint density at radius 3 is 2.68 bits per heavy atom. The van der Waals surface area contributed by atoms with E-state index < -0.39 is 0 Å². The van der Waals surface area contributed by atoms with Crippen LogP contribution < -0.4 is 0 Å². The summed E-state index contributed by atoms with van der Waals surface area (Å²) in [5.41, 5.74) is 3.02. The standard InChI is InChI=1S/C15H16N4/c1-10(2)15-17-11(3)8-14(18-15)19-9-16-12-6-4-5-7-13(12)19/h4-10H,1-3H3. The van der Waals surface area contributed by atoms with Gasteiger partial charge in [0.15, 0.2) is 0 Å². The second-order valence-electron chi connectivity index (χ2n) is 4.98. The molecule has 0 bridgehead atoms. The summed E-state index contributed by atoms with van der Waals surface area (Å²) in [7, 11) is 0. The van der Waals surface area contributed by atoms with Gasteiger partial charge in [0.1, 0.15) is 18.0 Å². The Balaban J connectivity index is 2.21. The van der Waals surface area contributed by atoms with Crippen molar-refractivity contribution in [2.45, 2.75) is 26.7 Å². The van der Waals surface area contributed by atoms with Crippen molar-refractivity contribution in [1.82, 2.24) is 19.5 Å². The van der Waals surface area contributed by atoms with Gasteiger partial charge < -0.3 is 0 Å². The molecular formula is C15H16N4. The number of rotatable bonds is 2. The van der Waals surface area contributed by atoms with Crippen molar-refractivity contribution in [2.75, 3.05) is 0 Å². The van der Waals surface area contributed by atoms with Gasteiger partial charge >= 0.3 is 0 Å². The highest BCUT2D eigenvalue weighted by Crippen LogP contribution is 2.18. The summed E-state index contributed by atoms with van der Waals surface area (Å²) in [5, 5.41) is 0. The molecule has 0 unspecified atom stereocenters. The molecule has 2 heterocycles. The number of nitrogens with zero attached hydrogens (tertiary/aromatic N) is 4. The summed E-state index contributed by atoms with van der Waals surface area (Å²) in [5.74, 6) is 2.06.